The Morgan fingerprint density at radius 1 is 1.67 bits per heavy atom. The van der Waals surface area contributed by atoms with Crippen molar-refractivity contribution in [2.45, 2.75) is 0 Å². The van der Waals surface area contributed by atoms with Gasteiger partial charge in [0.15, 0.2) is 0 Å². The minimum atomic E-state index is -0.464. The molecule has 0 aliphatic carbocycles. The van der Waals surface area contributed by atoms with Crippen LogP contribution >= 0.6 is 0 Å². The van der Waals surface area contributed by atoms with Crippen molar-refractivity contribution in [2.24, 2.45) is 0 Å². The topological polar surface area (TPSA) is 59.1 Å². The number of anilines is 1. The summed E-state index contributed by atoms with van der Waals surface area (Å²) < 4.78 is 12.5. The highest BCUT2D eigenvalue weighted by Crippen LogP contribution is 2.10. The SMILES string of the molecule is Nc1cc(F)cnc1C=CCO. The molecule has 1 aromatic rings. The lowest BCUT2D eigenvalue weighted by molar-refractivity contribution is 0.343. The fraction of sp³-hybridized carbons (Fsp3) is 0.125. The van der Waals surface area contributed by atoms with E-state index in [1.165, 1.54) is 18.2 Å². The van der Waals surface area contributed by atoms with Crippen LogP contribution in [0.25, 0.3) is 6.08 Å². The maximum absolute atomic E-state index is 12.5. The number of halogens is 1. The molecule has 12 heavy (non-hydrogen) atoms. The van der Waals surface area contributed by atoms with Gasteiger partial charge in [-0.25, -0.2) is 4.39 Å². The van der Waals surface area contributed by atoms with Crippen LogP contribution in [0.4, 0.5) is 10.1 Å². The Morgan fingerprint density at radius 3 is 3.00 bits per heavy atom. The largest absolute Gasteiger partial charge is 0.397 e. The van der Waals surface area contributed by atoms with E-state index in [0.717, 1.165) is 6.20 Å². The third kappa shape index (κ3) is 2.03. The first-order valence-corrected chi connectivity index (χ1v) is 3.42. The molecule has 0 saturated heterocycles. The molecule has 1 heterocycles. The van der Waals surface area contributed by atoms with E-state index in [-0.39, 0.29) is 12.3 Å². The van der Waals surface area contributed by atoms with Crippen LogP contribution in [-0.4, -0.2) is 16.7 Å². The van der Waals surface area contributed by atoms with E-state index in [9.17, 15) is 4.39 Å². The Bertz CT molecular complexity index is 299. The average molecular weight is 168 g/mol. The van der Waals surface area contributed by atoms with Crippen molar-refractivity contribution in [2.75, 3.05) is 12.3 Å². The van der Waals surface area contributed by atoms with Gasteiger partial charge in [0.25, 0.3) is 0 Å². The molecular formula is C8H9FN2O. The first-order chi connectivity index (χ1) is 5.74. The molecule has 0 amide bonds. The summed E-state index contributed by atoms with van der Waals surface area (Å²) in [7, 11) is 0. The molecule has 0 aliphatic rings. The molecule has 0 radical (unpaired) electrons. The summed E-state index contributed by atoms with van der Waals surface area (Å²) in [5, 5.41) is 8.44. The number of rotatable bonds is 2. The predicted octanol–water partition coefficient (Wildman–Crippen LogP) is 0.808. The second-order valence-corrected chi connectivity index (χ2v) is 2.21. The summed E-state index contributed by atoms with van der Waals surface area (Å²) in [6.07, 6.45) is 4.10. The van der Waals surface area contributed by atoms with Crippen molar-refractivity contribution in [1.29, 1.82) is 0 Å². The summed E-state index contributed by atoms with van der Waals surface area (Å²) in [5.41, 5.74) is 6.15. The van der Waals surface area contributed by atoms with Crippen molar-refractivity contribution in [1.82, 2.24) is 4.98 Å². The van der Waals surface area contributed by atoms with Crippen LogP contribution < -0.4 is 5.73 Å². The highest BCUT2D eigenvalue weighted by molar-refractivity contribution is 5.60. The molecule has 1 aromatic heterocycles. The third-order valence-electron chi connectivity index (χ3n) is 1.30. The molecule has 3 nitrogen and oxygen atoms in total. The zero-order valence-corrected chi connectivity index (χ0v) is 6.37. The second-order valence-electron chi connectivity index (χ2n) is 2.21. The molecule has 0 unspecified atom stereocenters. The highest BCUT2D eigenvalue weighted by atomic mass is 19.1. The molecule has 0 saturated carbocycles. The molecule has 1 rings (SSSR count). The maximum atomic E-state index is 12.5. The zero-order valence-electron chi connectivity index (χ0n) is 6.37. The van der Waals surface area contributed by atoms with Crippen LogP contribution in [0.15, 0.2) is 18.3 Å². The number of nitrogens with zero attached hydrogens (tertiary/aromatic N) is 1. The molecule has 4 heteroatoms. The molecule has 0 bridgehead atoms. The van der Waals surface area contributed by atoms with Crippen molar-refractivity contribution in [3.8, 4) is 0 Å². The van der Waals surface area contributed by atoms with Crippen LogP contribution in [0.3, 0.4) is 0 Å². The van der Waals surface area contributed by atoms with Crippen molar-refractivity contribution < 1.29 is 9.50 Å². The van der Waals surface area contributed by atoms with Gasteiger partial charge in [-0.05, 0) is 6.08 Å². The maximum Gasteiger partial charge on any atom is 0.143 e. The van der Waals surface area contributed by atoms with Gasteiger partial charge in [-0.2, -0.15) is 0 Å². The molecule has 0 aromatic carbocycles. The summed E-state index contributed by atoms with van der Waals surface area (Å²) in [4.78, 5) is 3.72. The van der Waals surface area contributed by atoms with Crippen molar-refractivity contribution >= 4 is 11.8 Å². The number of hydrogen-bond donors (Lipinski definition) is 2. The average Bonchev–Trinajstić information content (AvgIpc) is 2.03. The zero-order chi connectivity index (χ0) is 8.97. The smallest absolute Gasteiger partial charge is 0.143 e. The molecule has 64 valence electrons. The van der Waals surface area contributed by atoms with Crippen molar-refractivity contribution in [3.05, 3.63) is 29.9 Å². The van der Waals surface area contributed by atoms with Gasteiger partial charge in [0.2, 0.25) is 0 Å². The Kier molecular flexibility index (Phi) is 2.76. The molecule has 0 aliphatic heterocycles. The van der Waals surface area contributed by atoms with E-state index in [1.807, 2.05) is 0 Å². The number of aliphatic hydroxyl groups is 1. The fourth-order valence-electron chi connectivity index (χ4n) is 0.769. The van der Waals surface area contributed by atoms with Gasteiger partial charge in [-0.15, -0.1) is 0 Å². The van der Waals surface area contributed by atoms with E-state index in [4.69, 9.17) is 10.8 Å². The Morgan fingerprint density at radius 2 is 2.42 bits per heavy atom. The second kappa shape index (κ2) is 3.82. The minimum Gasteiger partial charge on any atom is -0.397 e. The van der Waals surface area contributed by atoms with E-state index in [0.29, 0.717) is 5.69 Å². The van der Waals surface area contributed by atoms with Gasteiger partial charge >= 0.3 is 0 Å². The molecule has 0 atom stereocenters. The van der Waals surface area contributed by atoms with Gasteiger partial charge in [-0.1, -0.05) is 6.08 Å². The number of nitrogens with two attached hydrogens (primary N) is 1. The lowest BCUT2D eigenvalue weighted by atomic mass is 10.3. The quantitative estimate of drug-likeness (QED) is 0.687. The predicted molar refractivity (Wildman–Crippen MR) is 44.7 cm³/mol. The number of aliphatic hydroxyl groups excluding tert-OH is 1. The van der Waals surface area contributed by atoms with E-state index in [2.05, 4.69) is 4.98 Å². The number of nitrogen functional groups attached to an aromatic ring is 1. The van der Waals surface area contributed by atoms with Gasteiger partial charge in [0, 0.05) is 6.07 Å². The van der Waals surface area contributed by atoms with E-state index in [1.54, 1.807) is 0 Å². The monoisotopic (exact) mass is 168 g/mol. The van der Waals surface area contributed by atoms with Crippen LogP contribution in [0.2, 0.25) is 0 Å². The van der Waals surface area contributed by atoms with Gasteiger partial charge in [0.1, 0.15) is 5.82 Å². The standard InChI is InChI=1S/C8H9FN2O/c9-6-4-7(10)8(11-5-6)2-1-3-12/h1-2,4-5,12H,3,10H2. The summed E-state index contributed by atoms with van der Waals surface area (Å²) in [6, 6.07) is 1.18. The minimum absolute atomic E-state index is 0.0848. The summed E-state index contributed by atoms with van der Waals surface area (Å²) in [6.45, 7) is -0.0848. The van der Waals surface area contributed by atoms with Gasteiger partial charge in [-0.3, -0.25) is 4.98 Å². The number of aromatic nitrogens is 1. The third-order valence-corrected chi connectivity index (χ3v) is 1.30. The van der Waals surface area contributed by atoms with Crippen LogP contribution in [0.5, 0.6) is 0 Å². The molecular weight excluding hydrogens is 159 g/mol. The Labute approximate surface area is 69.4 Å². The van der Waals surface area contributed by atoms with Crippen molar-refractivity contribution in [3.63, 3.8) is 0 Å². The Balaban J connectivity index is 2.94. The van der Waals surface area contributed by atoms with Crippen LogP contribution in [-0.2, 0) is 0 Å². The molecule has 3 N–H and O–H groups in total. The first kappa shape index (κ1) is 8.67. The lowest BCUT2D eigenvalue weighted by Gasteiger charge is -1.97. The Hall–Kier alpha value is -1.42. The van der Waals surface area contributed by atoms with E-state index >= 15 is 0 Å². The highest BCUT2D eigenvalue weighted by Gasteiger charge is 1.97. The van der Waals surface area contributed by atoms with Gasteiger partial charge < -0.3 is 10.8 Å². The summed E-state index contributed by atoms with van der Waals surface area (Å²) >= 11 is 0. The van der Waals surface area contributed by atoms with E-state index < -0.39 is 5.82 Å². The molecule has 0 spiro atoms. The van der Waals surface area contributed by atoms with Crippen LogP contribution in [0, 0.1) is 5.82 Å². The number of hydrogen-bond acceptors (Lipinski definition) is 3. The van der Waals surface area contributed by atoms with Gasteiger partial charge in [0.05, 0.1) is 24.2 Å². The molecule has 0 fully saturated rings. The summed E-state index contributed by atoms with van der Waals surface area (Å²) in [5.74, 6) is -0.464. The fourth-order valence-corrected chi connectivity index (χ4v) is 0.769. The lowest BCUT2D eigenvalue weighted by Crippen LogP contribution is -1.93. The number of pyridine rings is 1. The first-order valence-electron chi connectivity index (χ1n) is 3.42. The normalized spacial score (nSPS) is 10.8. The van der Waals surface area contributed by atoms with Crippen LogP contribution in [0.1, 0.15) is 5.69 Å².